The van der Waals surface area contributed by atoms with Gasteiger partial charge in [0, 0.05) is 22.2 Å². The van der Waals surface area contributed by atoms with Crippen LogP contribution in [0, 0.1) is 17.1 Å². The molecule has 32 heavy (non-hydrogen) atoms. The summed E-state index contributed by atoms with van der Waals surface area (Å²) in [5.74, 6) is -0.296. The van der Waals surface area contributed by atoms with Crippen LogP contribution in [0.15, 0.2) is 41.8 Å². The molecule has 3 aromatic rings. The molecule has 164 valence electrons. The molecule has 0 bridgehead atoms. The minimum atomic E-state index is -1.57. The second-order valence-electron chi connectivity index (χ2n) is 7.75. The number of nitriles is 1. The second-order valence-corrected chi connectivity index (χ2v) is 9.36. The van der Waals surface area contributed by atoms with E-state index in [-0.39, 0.29) is 23.8 Å². The third kappa shape index (κ3) is 3.94. The van der Waals surface area contributed by atoms with Crippen molar-refractivity contribution in [3.8, 4) is 6.07 Å². The number of amidine groups is 1. The van der Waals surface area contributed by atoms with Gasteiger partial charge < -0.3 is 16.2 Å². The molecule has 0 unspecified atom stereocenters. The van der Waals surface area contributed by atoms with Crippen LogP contribution in [0.25, 0.3) is 11.0 Å². The summed E-state index contributed by atoms with van der Waals surface area (Å²) in [6.45, 7) is 0.482. The number of anilines is 2. The molecule has 2 atom stereocenters. The fourth-order valence-electron chi connectivity index (χ4n) is 3.77. The number of aromatic nitrogens is 3. The number of aliphatic hydroxyl groups is 1. The minimum Gasteiger partial charge on any atom is -0.395 e. The van der Waals surface area contributed by atoms with E-state index in [0.717, 1.165) is 11.8 Å². The third-order valence-electron chi connectivity index (χ3n) is 5.23. The molecule has 1 aliphatic rings. The summed E-state index contributed by atoms with van der Waals surface area (Å²) in [6.07, 6.45) is 2.78. The van der Waals surface area contributed by atoms with Crippen molar-refractivity contribution in [1.82, 2.24) is 15.0 Å². The highest BCUT2D eigenvalue weighted by molar-refractivity contribution is 8.15. The number of aliphatic hydroxyl groups excluding tert-OH is 1. The van der Waals surface area contributed by atoms with Crippen LogP contribution in [0.4, 0.5) is 20.3 Å². The monoisotopic (exact) mass is 455 g/mol. The van der Waals surface area contributed by atoms with Crippen molar-refractivity contribution in [2.75, 3.05) is 18.6 Å². The number of aliphatic imine (C=N–C) groups is 1. The first-order chi connectivity index (χ1) is 15.3. The number of hydrogen-bond donors (Lipinski definition) is 3. The Kier molecular flexibility index (Phi) is 5.66. The lowest BCUT2D eigenvalue weighted by atomic mass is 9.82. The molecule has 0 fully saturated rings. The number of pyridine rings is 1. The number of fused-ring (bicyclic) bond motifs is 1. The fourth-order valence-corrected chi connectivity index (χ4v) is 4.87. The molecule has 0 amide bonds. The summed E-state index contributed by atoms with van der Waals surface area (Å²) in [6, 6.07) is 7.73. The van der Waals surface area contributed by atoms with Crippen molar-refractivity contribution < 1.29 is 13.9 Å². The van der Waals surface area contributed by atoms with Crippen molar-refractivity contribution in [3.63, 3.8) is 0 Å². The highest BCUT2D eigenvalue weighted by Crippen LogP contribution is 2.46. The van der Waals surface area contributed by atoms with Gasteiger partial charge in [-0.25, -0.2) is 28.7 Å². The van der Waals surface area contributed by atoms with Crippen LogP contribution >= 0.6 is 11.8 Å². The largest absolute Gasteiger partial charge is 0.395 e. The number of rotatable bonds is 5. The third-order valence-corrected chi connectivity index (χ3v) is 6.30. The maximum absolute atomic E-state index is 14.9. The van der Waals surface area contributed by atoms with E-state index in [1.165, 1.54) is 30.7 Å². The average Bonchev–Trinajstić information content (AvgIpc) is 2.79. The van der Waals surface area contributed by atoms with E-state index >= 15 is 0 Å². The highest BCUT2D eigenvalue weighted by Gasteiger charge is 2.46. The molecule has 4 rings (SSSR count). The van der Waals surface area contributed by atoms with Gasteiger partial charge in [-0.2, -0.15) is 5.26 Å². The van der Waals surface area contributed by atoms with Gasteiger partial charge in [-0.3, -0.25) is 0 Å². The van der Waals surface area contributed by atoms with Crippen molar-refractivity contribution in [2.45, 2.75) is 23.6 Å². The van der Waals surface area contributed by atoms with E-state index in [0.29, 0.717) is 28.1 Å². The molecule has 0 saturated heterocycles. The first-order valence-corrected chi connectivity index (χ1v) is 10.4. The van der Waals surface area contributed by atoms with Crippen molar-refractivity contribution >= 4 is 39.5 Å². The SMILES string of the molecule is C[C@]1(CO)C[C@@](CF)(c2cc(Nc3ncnc4cc(C#N)cnc34)ccc2F)N=C(N)S1. The molecule has 0 aliphatic carbocycles. The van der Waals surface area contributed by atoms with E-state index < -0.39 is 22.8 Å². The topological polar surface area (TPSA) is 133 Å². The predicted molar refractivity (Wildman–Crippen MR) is 119 cm³/mol. The summed E-state index contributed by atoms with van der Waals surface area (Å²) in [5, 5.41) is 22.0. The number of alkyl halides is 1. The Morgan fingerprint density at radius 2 is 2.12 bits per heavy atom. The Balaban J connectivity index is 1.76. The van der Waals surface area contributed by atoms with E-state index in [9.17, 15) is 13.9 Å². The Bertz CT molecular complexity index is 1260. The standard InChI is InChI=1S/C21H19F2N7OS/c1-20(10-31)8-21(9-22,30-19(25)32-20)14-5-13(2-3-15(14)23)29-18-17-16(27-11-28-18)4-12(6-24)7-26-17/h2-5,7,11,31H,8-10H2,1H3,(H2,25,30)(H,27,28,29)/t20-,21-/m1/s1. The smallest absolute Gasteiger partial charge is 0.160 e. The van der Waals surface area contributed by atoms with Crippen LogP contribution in [-0.4, -0.2) is 43.3 Å². The number of benzene rings is 1. The van der Waals surface area contributed by atoms with Gasteiger partial charge in [0.25, 0.3) is 0 Å². The number of nitrogens with one attached hydrogen (secondary N) is 1. The highest BCUT2D eigenvalue weighted by atomic mass is 32.2. The molecule has 0 radical (unpaired) electrons. The molecule has 2 aromatic heterocycles. The zero-order chi connectivity index (χ0) is 22.9. The number of halogens is 2. The van der Waals surface area contributed by atoms with Gasteiger partial charge in [0.15, 0.2) is 11.0 Å². The predicted octanol–water partition coefficient (Wildman–Crippen LogP) is 3.15. The van der Waals surface area contributed by atoms with Gasteiger partial charge in [-0.05, 0) is 37.6 Å². The Morgan fingerprint density at radius 3 is 2.84 bits per heavy atom. The van der Waals surface area contributed by atoms with Crippen LogP contribution in [-0.2, 0) is 5.54 Å². The molecular weight excluding hydrogens is 436 g/mol. The molecule has 11 heteroatoms. The number of hydrogen-bond acceptors (Lipinski definition) is 9. The second kappa shape index (κ2) is 8.29. The fraction of sp³-hybridized carbons (Fsp3) is 0.286. The maximum atomic E-state index is 14.9. The summed E-state index contributed by atoms with van der Waals surface area (Å²) >= 11 is 1.14. The van der Waals surface area contributed by atoms with Gasteiger partial charge in [0.1, 0.15) is 35.9 Å². The molecular formula is C21H19F2N7OS. The molecule has 3 heterocycles. The summed E-state index contributed by atoms with van der Waals surface area (Å²) < 4.78 is 28.5. The zero-order valence-corrected chi connectivity index (χ0v) is 17.8. The van der Waals surface area contributed by atoms with Gasteiger partial charge >= 0.3 is 0 Å². The number of nitrogens with zero attached hydrogens (tertiary/aromatic N) is 5. The molecule has 1 aliphatic heterocycles. The first kappa shape index (κ1) is 21.9. The van der Waals surface area contributed by atoms with Crippen LogP contribution in [0.5, 0.6) is 0 Å². The van der Waals surface area contributed by atoms with Crippen LogP contribution in [0.1, 0.15) is 24.5 Å². The molecule has 0 saturated carbocycles. The van der Waals surface area contributed by atoms with E-state index in [1.807, 2.05) is 6.07 Å². The van der Waals surface area contributed by atoms with E-state index in [2.05, 4.69) is 25.3 Å². The maximum Gasteiger partial charge on any atom is 0.160 e. The van der Waals surface area contributed by atoms with Gasteiger partial charge in [0.2, 0.25) is 0 Å². The summed E-state index contributed by atoms with van der Waals surface area (Å²) in [7, 11) is 0. The lowest BCUT2D eigenvalue weighted by Crippen LogP contribution is -2.45. The van der Waals surface area contributed by atoms with E-state index in [4.69, 9.17) is 11.0 Å². The average molecular weight is 455 g/mol. The lowest BCUT2D eigenvalue weighted by molar-refractivity contribution is 0.199. The zero-order valence-electron chi connectivity index (χ0n) is 17.0. The molecule has 0 spiro atoms. The molecule has 1 aromatic carbocycles. The number of thioether (sulfide) groups is 1. The molecule has 4 N–H and O–H groups in total. The summed E-state index contributed by atoms with van der Waals surface area (Å²) in [4.78, 5) is 16.8. The summed E-state index contributed by atoms with van der Waals surface area (Å²) in [5.41, 5.74) is 6.04. The van der Waals surface area contributed by atoms with Gasteiger partial charge in [-0.1, -0.05) is 11.8 Å². The molecule has 8 nitrogen and oxygen atoms in total. The number of nitrogens with two attached hydrogens (primary N) is 1. The van der Waals surface area contributed by atoms with Crippen molar-refractivity contribution in [2.24, 2.45) is 10.7 Å². The first-order valence-electron chi connectivity index (χ1n) is 9.60. The van der Waals surface area contributed by atoms with Crippen LogP contribution in [0.2, 0.25) is 0 Å². The Morgan fingerprint density at radius 1 is 1.31 bits per heavy atom. The van der Waals surface area contributed by atoms with Crippen LogP contribution in [0.3, 0.4) is 0 Å². The van der Waals surface area contributed by atoms with Crippen molar-refractivity contribution in [1.29, 1.82) is 5.26 Å². The quantitative estimate of drug-likeness (QED) is 0.534. The lowest BCUT2D eigenvalue weighted by Gasteiger charge is -2.40. The van der Waals surface area contributed by atoms with Crippen molar-refractivity contribution in [3.05, 3.63) is 53.7 Å². The normalized spacial score (nSPS) is 22.9. The van der Waals surface area contributed by atoms with Gasteiger partial charge in [-0.15, -0.1) is 0 Å². The van der Waals surface area contributed by atoms with Gasteiger partial charge in [0.05, 0.1) is 17.7 Å². The van der Waals surface area contributed by atoms with Crippen LogP contribution < -0.4 is 11.1 Å². The minimum absolute atomic E-state index is 0.0195. The van der Waals surface area contributed by atoms with E-state index in [1.54, 1.807) is 13.0 Å². The Labute approximate surface area is 186 Å². The Hall–Kier alpha value is -3.36.